The van der Waals surface area contributed by atoms with Gasteiger partial charge in [0.2, 0.25) is 0 Å². The van der Waals surface area contributed by atoms with E-state index in [0.717, 1.165) is 15.0 Å². The van der Waals surface area contributed by atoms with Gasteiger partial charge in [0.15, 0.2) is 0 Å². The first kappa shape index (κ1) is 12.1. The number of hydrogen-bond donors (Lipinski definition) is 2. The van der Waals surface area contributed by atoms with E-state index in [-0.39, 0.29) is 6.04 Å². The van der Waals surface area contributed by atoms with Gasteiger partial charge >= 0.3 is 0 Å². The van der Waals surface area contributed by atoms with Gasteiger partial charge in [0.25, 0.3) is 0 Å². The van der Waals surface area contributed by atoms with Gasteiger partial charge in [0, 0.05) is 16.4 Å². The number of nitrogens with one attached hydrogen (secondary N) is 1. The van der Waals surface area contributed by atoms with Gasteiger partial charge in [-0.25, -0.2) is 5.43 Å². The summed E-state index contributed by atoms with van der Waals surface area (Å²) in [5.41, 5.74) is 3.62. The Labute approximate surface area is 110 Å². The van der Waals surface area contributed by atoms with E-state index in [2.05, 4.69) is 26.5 Å². The SMILES string of the molecule is Cn1ncc(Cl)c1C(NN)c1sccc1Br. The molecule has 0 aliphatic carbocycles. The maximum atomic E-state index is 6.10. The predicted octanol–water partition coefficient (Wildman–Crippen LogP) is 2.45. The number of hydrogen-bond acceptors (Lipinski definition) is 4. The van der Waals surface area contributed by atoms with Crippen LogP contribution in [0.5, 0.6) is 0 Å². The lowest BCUT2D eigenvalue weighted by atomic mass is 10.2. The van der Waals surface area contributed by atoms with Gasteiger partial charge < -0.3 is 0 Å². The number of thiophene rings is 1. The lowest BCUT2D eigenvalue weighted by molar-refractivity contribution is 0.581. The second-order valence-electron chi connectivity index (χ2n) is 3.23. The summed E-state index contributed by atoms with van der Waals surface area (Å²) in [6.45, 7) is 0. The highest BCUT2D eigenvalue weighted by atomic mass is 79.9. The third kappa shape index (κ3) is 2.03. The van der Waals surface area contributed by atoms with Crippen molar-refractivity contribution in [1.29, 1.82) is 0 Å². The molecule has 0 saturated carbocycles. The lowest BCUT2D eigenvalue weighted by Crippen LogP contribution is -2.30. The molecule has 2 aromatic heterocycles. The molecule has 0 radical (unpaired) electrons. The largest absolute Gasteiger partial charge is 0.270 e. The molecule has 4 nitrogen and oxygen atoms in total. The van der Waals surface area contributed by atoms with E-state index in [9.17, 15) is 0 Å². The average Bonchev–Trinajstić information content (AvgIpc) is 2.80. The summed E-state index contributed by atoms with van der Waals surface area (Å²) in [5.74, 6) is 5.60. The van der Waals surface area contributed by atoms with Crippen molar-refractivity contribution in [2.45, 2.75) is 6.04 Å². The Kier molecular flexibility index (Phi) is 3.66. The van der Waals surface area contributed by atoms with Crippen molar-refractivity contribution < 1.29 is 0 Å². The molecule has 0 fully saturated rings. The molecule has 2 rings (SSSR count). The summed E-state index contributed by atoms with van der Waals surface area (Å²) in [5, 5.41) is 6.70. The van der Waals surface area contributed by atoms with Crippen LogP contribution < -0.4 is 11.3 Å². The number of nitrogens with two attached hydrogens (primary N) is 1. The Hall–Kier alpha value is -0.400. The maximum Gasteiger partial charge on any atom is 0.0996 e. The number of hydrazine groups is 1. The molecule has 0 bridgehead atoms. The van der Waals surface area contributed by atoms with E-state index in [1.54, 1.807) is 22.2 Å². The van der Waals surface area contributed by atoms with E-state index in [0.29, 0.717) is 5.02 Å². The first-order chi connectivity index (χ1) is 7.65. The van der Waals surface area contributed by atoms with Crippen LogP contribution in [0.1, 0.15) is 16.6 Å². The van der Waals surface area contributed by atoms with Gasteiger partial charge in [0.05, 0.1) is 23.0 Å². The van der Waals surface area contributed by atoms with Gasteiger partial charge in [-0.3, -0.25) is 10.5 Å². The van der Waals surface area contributed by atoms with Crippen molar-refractivity contribution >= 4 is 38.9 Å². The molecular weight excluding hydrogens is 312 g/mol. The van der Waals surface area contributed by atoms with Crippen LogP contribution in [0.25, 0.3) is 0 Å². The topological polar surface area (TPSA) is 55.9 Å². The zero-order valence-electron chi connectivity index (χ0n) is 8.45. The molecule has 16 heavy (non-hydrogen) atoms. The molecule has 2 aromatic rings. The third-order valence-corrected chi connectivity index (χ3v) is 4.51. The fraction of sp³-hybridized carbons (Fsp3) is 0.222. The summed E-state index contributed by atoms with van der Waals surface area (Å²) < 4.78 is 2.73. The Bertz CT molecular complexity index is 476. The molecule has 0 amide bonds. The number of nitrogens with zero attached hydrogens (tertiary/aromatic N) is 2. The quantitative estimate of drug-likeness (QED) is 0.674. The highest BCUT2D eigenvalue weighted by Crippen LogP contribution is 2.35. The number of rotatable bonds is 3. The zero-order chi connectivity index (χ0) is 11.7. The molecule has 7 heteroatoms. The van der Waals surface area contributed by atoms with E-state index < -0.39 is 0 Å². The minimum atomic E-state index is -0.158. The smallest absolute Gasteiger partial charge is 0.0996 e. The van der Waals surface area contributed by atoms with Crippen molar-refractivity contribution in [1.82, 2.24) is 15.2 Å². The molecule has 0 aromatic carbocycles. The Morgan fingerprint density at radius 1 is 1.69 bits per heavy atom. The van der Waals surface area contributed by atoms with Gasteiger partial charge in [-0.15, -0.1) is 11.3 Å². The van der Waals surface area contributed by atoms with Crippen LogP contribution in [0.3, 0.4) is 0 Å². The summed E-state index contributed by atoms with van der Waals surface area (Å²) >= 11 is 11.2. The van der Waals surface area contributed by atoms with E-state index in [1.165, 1.54) is 0 Å². The standard InChI is InChI=1S/C9H10BrClN4S/c1-15-8(6(11)4-13-15)7(14-12)9-5(10)2-3-16-9/h2-4,7,14H,12H2,1H3. The van der Waals surface area contributed by atoms with Crippen molar-refractivity contribution in [2.75, 3.05) is 0 Å². The number of halogens is 2. The molecule has 2 heterocycles. The second kappa shape index (κ2) is 4.85. The minimum absolute atomic E-state index is 0.158. The molecule has 0 aliphatic rings. The van der Waals surface area contributed by atoms with Crippen LogP contribution in [0.4, 0.5) is 0 Å². The first-order valence-electron chi connectivity index (χ1n) is 4.51. The predicted molar refractivity (Wildman–Crippen MR) is 69.4 cm³/mol. The van der Waals surface area contributed by atoms with Gasteiger partial charge in [-0.2, -0.15) is 5.10 Å². The van der Waals surface area contributed by atoms with Crippen LogP contribution in [-0.4, -0.2) is 9.78 Å². The third-order valence-electron chi connectivity index (χ3n) is 2.28. The molecule has 0 aliphatic heterocycles. The van der Waals surface area contributed by atoms with Crippen LogP contribution in [-0.2, 0) is 7.05 Å². The summed E-state index contributed by atoms with van der Waals surface area (Å²) in [7, 11) is 1.84. The summed E-state index contributed by atoms with van der Waals surface area (Å²) in [6, 6.07) is 1.82. The second-order valence-corrected chi connectivity index (χ2v) is 5.44. The van der Waals surface area contributed by atoms with Crippen molar-refractivity contribution in [3.63, 3.8) is 0 Å². The fourth-order valence-electron chi connectivity index (χ4n) is 1.54. The lowest BCUT2D eigenvalue weighted by Gasteiger charge is -2.16. The molecule has 1 unspecified atom stereocenters. The highest BCUT2D eigenvalue weighted by Gasteiger charge is 2.22. The van der Waals surface area contributed by atoms with Crippen LogP contribution in [0.15, 0.2) is 22.1 Å². The normalized spacial score (nSPS) is 13.0. The van der Waals surface area contributed by atoms with Gasteiger partial charge in [0.1, 0.15) is 0 Å². The van der Waals surface area contributed by atoms with Crippen molar-refractivity contribution in [3.8, 4) is 0 Å². The molecule has 1 atom stereocenters. The molecule has 3 N–H and O–H groups in total. The average molecular weight is 322 g/mol. The highest BCUT2D eigenvalue weighted by molar-refractivity contribution is 9.10. The Morgan fingerprint density at radius 2 is 2.44 bits per heavy atom. The van der Waals surface area contributed by atoms with Crippen molar-refractivity contribution in [2.24, 2.45) is 12.9 Å². The fourth-order valence-corrected chi connectivity index (χ4v) is 3.47. The molecule has 86 valence electrons. The maximum absolute atomic E-state index is 6.10. The first-order valence-corrected chi connectivity index (χ1v) is 6.56. The Balaban J connectivity index is 2.49. The zero-order valence-corrected chi connectivity index (χ0v) is 11.6. The van der Waals surface area contributed by atoms with Crippen LogP contribution in [0.2, 0.25) is 5.02 Å². The van der Waals surface area contributed by atoms with Crippen LogP contribution in [0, 0.1) is 0 Å². The van der Waals surface area contributed by atoms with Crippen molar-refractivity contribution in [3.05, 3.63) is 37.7 Å². The number of aryl methyl sites for hydroxylation is 1. The molecule has 0 saturated heterocycles. The van der Waals surface area contributed by atoms with Crippen LogP contribution >= 0.6 is 38.9 Å². The molecular formula is C9H10BrClN4S. The summed E-state index contributed by atoms with van der Waals surface area (Å²) in [6.07, 6.45) is 1.61. The molecule has 0 spiro atoms. The van der Waals surface area contributed by atoms with E-state index in [1.807, 2.05) is 18.5 Å². The van der Waals surface area contributed by atoms with E-state index in [4.69, 9.17) is 17.4 Å². The van der Waals surface area contributed by atoms with Gasteiger partial charge in [-0.1, -0.05) is 11.6 Å². The minimum Gasteiger partial charge on any atom is -0.270 e. The number of aromatic nitrogens is 2. The summed E-state index contributed by atoms with van der Waals surface area (Å²) in [4.78, 5) is 1.08. The Morgan fingerprint density at radius 3 is 2.88 bits per heavy atom. The van der Waals surface area contributed by atoms with Gasteiger partial charge in [-0.05, 0) is 27.4 Å². The van der Waals surface area contributed by atoms with E-state index >= 15 is 0 Å². The monoisotopic (exact) mass is 320 g/mol.